The van der Waals surface area contributed by atoms with Crippen molar-refractivity contribution in [2.75, 3.05) is 38.6 Å². The predicted octanol–water partition coefficient (Wildman–Crippen LogP) is 4.60. The lowest BCUT2D eigenvalue weighted by atomic mass is 9.73. The van der Waals surface area contributed by atoms with Crippen molar-refractivity contribution in [3.63, 3.8) is 0 Å². The summed E-state index contributed by atoms with van der Waals surface area (Å²) in [5, 5.41) is 20.7. The molecular formula is C23H30BrClN6O. The number of nitrogens with zero attached hydrogens (tertiary/aromatic N) is 5. The van der Waals surface area contributed by atoms with Crippen molar-refractivity contribution in [1.29, 1.82) is 0 Å². The van der Waals surface area contributed by atoms with E-state index in [0.29, 0.717) is 10.7 Å². The van der Waals surface area contributed by atoms with Gasteiger partial charge in [0.2, 0.25) is 0 Å². The Balaban J connectivity index is 1.51. The highest BCUT2D eigenvalue weighted by Gasteiger charge is 2.40. The van der Waals surface area contributed by atoms with Gasteiger partial charge in [-0.3, -0.25) is 5.10 Å². The maximum atomic E-state index is 12.0. The number of aromatic amines is 1. The van der Waals surface area contributed by atoms with Crippen LogP contribution in [0.4, 0.5) is 5.82 Å². The summed E-state index contributed by atoms with van der Waals surface area (Å²) in [5.41, 5.74) is 0.759. The fraction of sp³-hybridized carbons (Fsp3) is 0.522. The Morgan fingerprint density at radius 1 is 1.19 bits per heavy atom. The maximum absolute atomic E-state index is 12.0. The molecule has 0 amide bonds. The van der Waals surface area contributed by atoms with Gasteiger partial charge in [-0.25, -0.2) is 9.97 Å². The average Bonchev–Trinajstić information content (AvgIpc) is 3.18. The molecule has 0 aliphatic carbocycles. The highest BCUT2D eigenvalue weighted by atomic mass is 79.9. The molecule has 0 bridgehead atoms. The van der Waals surface area contributed by atoms with Crippen LogP contribution in [0.1, 0.15) is 37.7 Å². The van der Waals surface area contributed by atoms with Crippen molar-refractivity contribution in [2.24, 2.45) is 5.92 Å². The number of nitrogens with one attached hydrogen (secondary N) is 1. The lowest BCUT2D eigenvalue weighted by molar-refractivity contribution is -0.0435. The van der Waals surface area contributed by atoms with Gasteiger partial charge in [-0.15, -0.1) is 0 Å². The van der Waals surface area contributed by atoms with Crippen LogP contribution < -0.4 is 4.90 Å². The fourth-order valence-electron chi connectivity index (χ4n) is 4.76. The van der Waals surface area contributed by atoms with Gasteiger partial charge in [0.1, 0.15) is 16.7 Å². The van der Waals surface area contributed by atoms with Crippen molar-refractivity contribution in [3.05, 3.63) is 45.8 Å². The van der Waals surface area contributed by atoms with E-state index in [-0.39, 0.29) is 5.92 Å². The second kappa shape index (κ2) is 10.0. The second-order valence-electron chi connectivity index (χ2n) is 8.89. The van der Waals surface area contributed by atoms with Crippen LogP contribution in [0, 0.1) is 5.92 Å². The van der Waals surface area contributed by atoms with Crippen molar-refractivity contribution in [2.45, 2.75) is 37.7 Å². The molecule has 1 aliphatic rings. The topological polar surface area (TPSA) is 81.2 Å². The van der Waals surface area contributed by atoms with E-state index in [2.05, 4.69) is 60.0 Å². The minimum Gasteiger partial charge on any atom is -0.385 e. The number of fused-ring (bicyclic) bond motifs is 1. The van der Waals surface area contributed by atoms with Crippen LogP contribution >= 0.6 is 27.5 Å². The van der Waals surface area contributed by atoms with E-state index in [0.717, 1.165) is 73.1 Å². The molecule has 3 heterocycles. The number of H-pyrrole nitrogens is 1. The van der Waals surface area contributed by atoms with Gasteiger partial charge in [-0.05, 0) is 92.3 Å². The zero-order chi connectivity index (χ0) is 22.7. The first-order valence-corrected chi connectivity index (χ1v) is 12.3. The van der Waals surface area contributed by atoms with Gasteiger partial charge in [-0.2, -0.15) is 5.10 Å². The number of hydrogen-bond acceptors (Lipinski definition) is 6. The van der Waals surface area contributed by atoms with Gasteiger partial charge in [0.15, 0.2) is 5.65 Å². The maximum Gasteiger partial charge on any atom is 0.187 e. The molecule has 1 aliphatic heterocycles. The number of anilines is 1. The zero-order valence-corrected chi connectivity index (χ0v) is 20.9. The Morgan fingerprint density at radius 3 is 2.59 bits per heavy atom. The summed E-state index contributed by atoms with van der Waals surface area (Å²) in [4.78, 5) is 13.3. The third kappa shape index (κ3) is 4.93. The Bertz CT molecular complexity index is 1030. The fourth-order valence-corrected chi connectivity index (χ4v) is 5.33. The first-order valence-electron chi connectivity index (χ1n) is 11.1. The molecule has 0 spiro atoms. The molecule has 0 radical (unpaired) electrons. The molecule has 2 N–H and O–H groups in total. The summed E-state index contributed by atoms with van der Waals surface area (Å²) in [6.07, 6.45) is 6.12. The summed E-state index contributed by atoms with van der Waals surface area (Å²) < 4.78 is 0.795. The summed E-state index contributed by atoms with van der Waals surface area (Å²) in [6, 6.07) is 7.73. The zero-order valence-electron chi connectivity index (χ0n) is 18.6. The van der Waals surface area contributed by atoms with E-state index in [4.69, 9.17) is 11.6 Å². The quantitative estimate of drug-likeness (QED) is 0.422. The van der Waals surface area contributed by atoms with Crippen LogP contribution in [-0.4, -0.2) is 63.9 Å². The van der Waals surface area contributed by atoms with Crippen molar-refractivity contribution >= 4 is 44.4 Å². The number of aromatic nitrogens is 4. The monoisotopic (exact) mass is 520 g/mol. The van der Waals surface area contributed by atoms with Crippen molar-refractivity contribution in [1.82, 2.24) is 25.1 Å². The molecule has 1 atom stereocenters. The Morgan fingerprint density at radius 2 is 1.91 bits per heavy atom. The summed E-state index contributed by atoms with van der Waals surface area (Å²) in [6.45, 7) is 2.67. The number of hydrogen-bond donors (Lipinski definition) is 2. The third-order valence-electron chi connectivity index (χ3n) is 6.51. The molecule has 172 valence electrons. The van der Waals surface area contributed by atoms with Gasteiger partial charge < -0.3 is 14.9 Å². The number of benzene rings is 1. The number of unbranched alkanes of at least 4 members (excludes halogenated alkanes) is 1. The standard InChI is InChI=1S/C23H30BrClN6O/c1-30(2)12-4-3-11-23(32,16-5-7-18(25)8-6-16)17-9-13-31(14-10-17)22-19-20(24)28-29-21(19)26-15-27-22/h5-8,15,17,32H,3-4,9-14H2,1-2H3,(H,26,27,28,29). The normalized spacial score (nSPS) is 17.2. The van der Waals surface area contributed by atoms with Gasteiger partial charge in [0, 0.05) is 18.1 Å². The van der Waals surface area contributed by atoms with Crippen LogP contribution in [0.15, 0.2) is 35.2 Å². The smallest absolute Gasteiger partial charge is 0.187 e. The van der Waals surface area contributed by atoms with E-state index in [1.54, 1.807) is 6.33 Å². The van der Waals surface area contributed by atoms with Crippen LogP contribution in [0.25, 0.3) is 11.0 Å². The third-order valence-corrected chi connectivity index (χ3v) is 7.34. The van der Waals surface area contributed by atoms with E-state index in [9.17, 15) is 5.11 Å². The number of rotatable bonds is 8. The van der Waals surface area contributed by atoms with Crippen LogP contribution in [0.5, 0.6) is 0 Å². The Hall–Kier alpha value is -1.74. The summed E-state index contributed by atoms with van der Waals surface area (Å²) in [5.74, 6) is 1.06. The van der Waals surface area contributed by atoms with Crippen LogP contribution in [-0.2, 0) is 5.60 Å². The second-order valence-corrected chi connectivity index (χ2v) is 10.1. The van der Waals surface area contributed by atoms with Crippen molar-refractivity contribution < 1.29 is 5.11 Å². The van der Waals surface area contributed by atoms with E-state index >= 15 is 0 Å². The largest absolute Gasteiger partial charge is 0.385 e. The minimum absolute atomic E-state index is 0.171. The molecule has 0 saturated carbocycles. The van der Waals surface area contributed by atoms with Gasteiger partial charge in [-0.1, -0.05) is 23.7 Å². The molecule has 1 aromatic carbocycles. The first-order chi connectivity index (χ1) is 15.4. The molecule has 3 aromatic rings. The Labute approximate surface area is 202 Å². The molecule has 2 aromatic heterocycles. The minimum atomic E-state index is -0.861. The van der Waals surface area contributed by atoms with Gasteiger partial charge in [0.05, 0.1) is 11.0 Å². The molecule has 4 rings (SSSR count). The van der Waals surface area contributed by atoms with Crippen molar-refractivity contribution in [3.8, 4) is 0 Å². The number of halogens is 2. The first kappa shape index (κ1) is 23.4. The molecule has 1 saturated heterocycles. The van der Waals surface area contributed by atoms with Crippen LogP contribution in [0.3, 0.4) is 0 Å². The van der Waals surface area contributed by atoms with E-state index < -0.39 is 5.60 Å². The SMILES string of the molecule is CN(C)CCCCC(O)(c1ccc(Cl)cc1)C1CCN(c2ncnc3n[nH]c(Br)c23)CC1. The molecule has 7 nitrogen and oxygen atoms in total. The molecule has 1 unspecified atom stereocenters. The van der Waals surface area contributed by atoms with Gasteiger partial charge in [0.25, 0.3) is 0 Å². The van der Waals surface area contributed by atoms with Crippen LogP contribution in [0.2, 0.25) is 5.02 Å². The average molecular weight is 522 g/mol. The number of piperidine rings is 1. The number of aliphatic hydroxyl groups is 1. The summed E-state index contributed by atoms with van der Waals surface area (Å²) in [7, 11) is 4.17. The predicted molar refractivity (Wildman–Crippen MR) is 132 cm³/mol. The molecule has 32 heavy (non-hydrogen) atoms. The molecule has 9 heteroatoms. The highest BCUT2D eigenvalue weighted by Crippen LogP contribution is 2.42. The van der Waals surface area contributed by atoms with Gasteiger partial charge >= 0.3 is 0 Å². The lowest BCUT2D eigenvalue weighted by Gasteiger charge is -2.42. The molecular weight excluding hydrogens is 492 g/mol. The highest BCUT2D eigenvalue weighted by molar-refractivity contribution is 9.10. The van der Waals surface area contributed by atoms with E-state index in [1.807, 2.05) is 24.3 Å². The lowest BCUT2D eigenvalue weighted by Crippen LogP contribution is -2.44. The Kier molecular flexibility index (Phi) is 7.34. The molecule has 1 fully saturated rings. The summed E-state index contributed by atoms with van der Waals surface area (Å²) >= 11 is 9.66. The van der Waals surface area contributed by atoms with E-state index in [1.165, 1.54) is 0 Å².